The Morgan fingerprint density at radius 1 is 1.50 bits per heavy atom. The van der Waals surface area contributed by atoms with Crippen LogP contribution in [0.3, 0.4) is 0 Å². The van der Waals surface area contributed by atoms with Gasteiger partial charge in [0.2, 0.25) is 5.88 Å². The Labute approximate surface area is 140 Å². The van der Waals surface area contributed by atoms with Gasteiger partial charge >= 0.3 is 4.87 Å². The maximum Gasteiger partial charge on any atom is 0.310 e. The van der Waals surface area contributed by atoms with E-state index in [9.17, 15) is 9.90 Å². The first-order chi connectivity index (χ1) is 10.5. The molecule has 6 heteroatoms. The molecule has 1 N–H and O–H groups in total. The molecule has 0 aliphatic carbocycles. The van der Waals surface area contributed by atoms with Gasteiger partial charge in [0.1, 0.15) is 0 Å². The Morgan fingerprint density at radius 2 is 2.27 bits per heavy atom. The predicted octanol–water partition coefficient (Wildman–Crippen LogP) is 4.61. The van der Waals surface area contributed by atoms with E-state index in [1.807, 2.05) is 38.1 Å². The molecular weight excluding hydrogens is 364 g/mol. The van der Waals surface area contributed by atoms with Crippen molar-refractivity contribution in [3.05, 3.63) is 42.8 Å². The highest BCUT2D eigenvalue weighted by atomic mass is 79.9. The lowest BCUT2D eigenvalue weighted by atomic mass is 10.1. The Kier molecular flexibility index (Phi) is 4.06. The monoisotopic (exact) mass is 378 g/mol. The maximum absolute atomic E-state index is 12.1. The number of rotatable bonds is 3. The van der Waals surface area contributed by atoms with Crippen LogP contribution >= 0.6 is 27.3 Å². The minimum absolute atomic E-state index is 0.0189. The summed E-state index contributed by atoms with van der Waals surface area (Å²) in [6.07, 6.45) is 4.37. The molecule has 3 rings (SSSR count). The lowest BCUT2D eigenvalue weighted by Gasteiger charge is -2.10. The normalized spacial score (nSPS) is 16.2. The van der Waals surface area contributed by atoms with Gasteiger partial charge in [-0.3, -0.25) is 14.4 Å². The summed E-state index contributed by atoms with van der Waals surface area (Å²) in [5.41, 5.74) is 2.77. The average Bonchev–Trinajstić information content (AvgIpc) is 3.00. The summed E-state index contributed by atoms with van der Waals surface area (Å²) in [7, 11) is 0. The van der Waals surface area contributed by atoms with Crippen molar-refractivity contribution in [1.82, 2.24) is 4.57 Å². The molecule has 1 aromatic heterocycles. The predicted molar refractivity (Wildman–Crippen MR) is 95.4 cm³/mol. The lowest BCUT2D eigenvalue weighted by Crippen LogP contribution is -2.16. The summed E-state index contributed by atoms with van der Waals surface area (Å²) in [6.45, 7) is 3.91. The van der Waals surface area contributed by atoms with Crippen molar-refractivity contribution >= 4 is 50.8 Å². The highest BCUT2D eigenvalue weighted by Gasteiger charge is 2.18. The molecule has 0 bridgehead atoms. The Morgan fingerprint density at radius 3 is 3.00 bits per heavy atom. The van der Waals surface area contributed by atoms with E-state index in [0.29, 0.717) is 4.88 Å². The van der Waals surface area contributed by atoms with Crippen LogP contribution in [0, 0.1) is 0 Å². The van der Waals surface area contributed by atoms with E-state index in [1.165, 1.54) is 4.57 Å². The molecule has 4 nitrogen and oxygen atoms in total. The van der Waals surface area contributed by atoms with E-state index in [0.717, 1.165) is 39.1 Å². The molecule has 0 spiro atoms. The largest absolute Gasteiger partial charge is 0.493 e. The topological polar surface area (TPSA) is 54.6 Å². The second-order valence-electron chi connectivity index (χ2n) is 5.20. The van der Waals surface area contributed by atoms with Crippen LogP contribution in [0.2, 0.25) is 0 Å². The number of hydrogen-bond donors (Lipinski definition) is 1. The number of allylic oxidation sites excluding steroid dienone is 1. The molecular formula is C16H15BrN2O2S. The number of benzene rings is 1. The number of aliphatic imine (C=N–C) groups is 1. The third kappa shape index (κ3) is 2.57. The minimum Gasteiger partial charge on any atom is -0.493 e. The minimum atomic E-state index is -0.136. The average molecular weight is 379 g/mol. The van der Waals surface area contributed by atoms with E-state index in [1.54, 1.807) is 6.21 Å². The van der Waals surface area contributed by atoms with Crippen LogP contribution in [0.4, 0.5) is 5.69 Å². The van der Waals surface area contributed by atoms with Crippen molar-refractivity contribution in [2.24, 2.45) is 4.99 Å². The molecule has 1 aliphatic rings. The molecule has 114 valence electrons. The van der Waals surface area contributed by atoms with Gasteiger partial charge in [0.15, 0.2) is 0 Å². The molecule has 0 amide bonds. The van der Waals surface area contributed by atoms with Crippen LogP contribution < -0.4 is 4.87 Å². The zero-order valence-electron chi connectivity index (χ0n) is 12.2. The summed E-state index contributed by atoms with van der Waals surface area (Å²) in [5.74, 6) is 0.0358. The van der Waals surface area contributed by atoms with Gasteiger partial charge in [-0.05, 0) is 37.6 Å². The lowest BCUT2D eigenvalue weighted by molar-refractivity contribution is 0.381. The summed E-state index contributed by atoms with van der Waals surface area (Å²) in [5, 5.41) is 10.3. The molecule has 22 heavy (non-hydrogen) atoms. The Balaban J connectivity index is 2.07. The van der Waals surface area contributed by atoms with Gasteiger partial charge in [-0.25, -0.2) is 0 Å². The van der Waals surface area contributed by atoms with Crippen LogP contribution in [0.25, 0.3) is 11.6 Å². The molecule has 1 aliphatic heterocycles. The third-order valence-corrected chi connectivity index (χ3v) is 5.16. The van der Waals surface area contributed by atoms with E-state index in [4.69, 9.17) is 0 Å². The van der Waals surface area contributed by atoms with Gasteiger partial charge in [-0.2, -0.15) is 0 Å². The van der Waals surface area contributed by atoms with Crippen molar-refractivity contribution in [3.63, 3.8) is 0 Å². The van der Waals surface area contributed by atoms with Crippen molar-refractivity contribution in [2.75, 3.05) is 0 Å². The number of thiazole rings is 1. The molecule has 1 atom stereocenters. The summed E-state index contributed by atoms with van der Waals surface area (Å²) >= 11 is 4.51. The fourth-order valence-corrected chi connectivity index (χ4v) is 3.67. The second-order valence-corrected chi connectivity index (χ2v) is 7.11. The van der Waals surface area contributed by atoms with Gasteiger partial charge in [0, 0.05) is 27.9 Å². The number of halogens is 1. The smallest absolute Gasteiger partial charge is 0.310 e. The van der Waals surface area contributed by atoms with E-state index in [-0.39, 0.29) is 16.8 Å². The molecule has 0 unspecified atom stereocenters. The van der Waals surface area contributed by atoms with Gasteiger partial charge in [0.25, 0.3) is 0 Å². The van der Waals surface area contributed by atoms with E-state index in [2.05, 4.69) is 20.9 Å². The molecule has 2 aromatic rings. The van der Waals surface area contributed by atoms with Crippen LogP contribution in [-0.2, 0) is 0 Å². The number of fused-ring (bicyclic) bond motifs is 1. The molecule has 0 saturated heterocycles. The van der Waals surface area contributed by atoms with Crippen molar-refractivity contribution in [2.45, 2.75) is 26.3 Å². The number of aromatic hydroxyl groups is 1. The fourth-order valence-electron chi connectivity index (χ4n) is 2.38. The first kappa shape index (κ1) is 15.2. The highest BCUT2D eigenvalue weighted by molar-refractivity contribution is 9.10. The molecule has 0 fully saturated rings. The van der Waals surface area contributed by atoms with Gasteiger partial charge < -0.3 is 5.11 Å². The van der Waals surface area contributed by atoms with Crippen LogP contribution in [0.15, 0.2) is 32.5 Å². The number of aromatic nitrogens is 1. The Bertz CT molecular complexity index is 848. The molecule has 0 saturated carbocycles. The summed E-state index contributed by atoms with van der Waals surface area (Å²) in [6, 6.07) is 5.84. The number of nitrogens with zero attached hydrogens (tertiary/aromatic N) is 2. The highest BCUT2D eigenvalue weighted by Crippen LogP contribution is 2.36. The molecule has 0 radical (unpaired) electrons. The standard InChI is InChI=1S/C16H15BrN2O2S/c1-3-9(2)19-15(20)14(22-16(19)21)6-10-8-18-13-5-4-11(17)7-12(10)13/h4-9,20H,3H2,1-2H3/t9-/m1/s1. The first-order valence-corrected chi connectivity index (χ1v) is 8.62. The molecule has 1 aromatic carbocycles. The van der Waals surface area contributed by atoms with Gasteiger partial charge in [-0.1, -0.05) is 34.2 Å². The summed E-state index contributed by atoms with van der Waals surface area (Å²) < 4.78 is 2.42. The molecule has 2 heterocycles. The Hall–Kier alpha value is -1.66. The van der Waals surface area contributed by atoms with Gasteiger partial charge in [-0.15, -0.1) is 0 Å². The van der Waals surface area contributed by atoms with Crippen molar-refractivity contribution in [1.29, 1.82) is 0 Å². The number of hydrogen-bond acceptors (Lipinski definition) is 4. The van der Waals surface area contributed by atoms with Crippen LogP contribution in [0.1, 0.15) is 36.8 Å². The second kappa shape index (κ2) is 5.85. The van der Waals surface area contributed by atoms with Crippen molar-refractivity contribution < 1.29 is 5.11 Å². The fraction of sp³-hybridized carbons (Fsp3) is 0.250. The third-order valence-electron chi connectivity index (χ3n) is 3.77. The zero-order valence-corrected chi connectivity index (χ0v) is 14.6. The van der Waals surface area contributed by atoms with Crippen LogP contribution in [0.5, 0.6) is 5.88 Å². The first-order valence-electron chi connectivity index (χ1n) is 7.01. The van der Waals surface area contributed by atoms with E-state index >= 15 is 0 Å². The summed E-state index contributed by atoms with van der Waals surface area (Å²) in [4.78, 5) is 16.9. The maximum atomic E-state index is 12.1. The van der Waals surface area contributed by atoms with Crippen molar-refractivity contribution in [3.8, 4) is 5.88 Å². The van der Waals surface area contributed by atoms with E-state index < -0.39 is 0 Å². The SMILES string of the molecule is CC[C@@H](C)n1c(O)c(C=C2C=Nc3ccc(Br)cc32)sc1=O. The zero-order chi connectivity index (χ0) is 15.9. The van der Waals surface area contributed by atoms with Gasteiger partial charge in [0.05, 0.1) is 10.6 Å². The quantitative estimate of drug-likeness (QED) is 0.847. The van der Waals surface area contributed by atoms with Crippen LogP contribution in [-0.4, -0.2) is 15.9 Å².